The molecular weight excluding hydrogens is 306 g/mol. The molecule has 24 heavy (non-hydrogen) atoms. The summed E-state index contributed by atoms with van der Waals surface area (Å²) in [5.41, 5.74) is 0. The van der Waals surface area contributed by atoms with Crippen molar-refractivity contribution in [1.29, 1.82) is 0 Å². The fourth-order valence-electron chi connectivity index (χ4n) is 4.39. The summed E-state index contributed by atoms with van der Waals surface area (Å²) < 4.78 is 5.47. The first-order valence-corrected chi connectivity index (χ1v) is 9.52. The highest BCUT2D eigenvalue weighted by Gasteiger charge is 2.40. The second-order valence-electron chi connectivity index (χ2n) is 7.35. The van der Waals surface area contributed by atoms with Gasteiger partial charge >= 0.3 is 0 Å². The van der Waals surface area contributed by atoms with Crippen LogP contribution in [0.2, 0.25) is 0 Å². The molecule has 3 aliphatic heterocycles. The van der Waals surface area contributed by atoms with Gasteiger partial charge in [-0.3, -0.25) is 14.5 Å². The van der Waals surface area contributed by atoms with E-state index in [-0.39, 0.29) is 17.9 Å². The Morgan fingerprint density at radius 3 is 2.62 bits per heavy atom. The molecule has 3 unspecified atom stereocenters. The van der Waals surface area contributed by atoms with Gasteiger partial charge in [-0.25, -0.2) is 0 Å². The summed E-state index contributed by atoms with van der Waals surface area (Å²) in [7, 11) is 0. The molecule has 0 saturated carbocycles. The summed E-state index contributed by atoms with van der Waals surface area (Å²) in [4.78, 5) is 31.4. The minimum atomic E-state index is -0.321. The van der Waals surface area contributed by atoms with Crippen LogP contribution in [0.5, 0.6) is 0 Å². The Balaban J connectivity index is 1.63. The number of carbonyl (C=O) groups is 2. The maximum atomic E-state index is 13.0. The van der Waals surface area contributed by atoms with Gasteiger partial charge in [0.05, 0.1) is 13.2 Å². The number of amides is 2. The average molecular weight is 337 g/mol. The van der Waals surface area contributed by atoms with E-state index in [2.05, 4.69) is 11.8 Å². The third-order valence-corrected chi connectivity index (χ3v) is 5.94. The Morgan fingerprint density at radius 1 is 1.21 bits per heavy atom. The number of likely N-dealkylation sites (tertiary alicyclic amines) is 2. The van der Waals surface area contributed by atoms with Crippen molar-refractivity contribution in [2.45, 2.75) is 51.6 Å². The molecule has 0 aromatic heterocycles. The third-order valence-electron chi connectivity index (χ3n) is 5.94. The molecule has 0 spiro atoms. The van der Waals surface area contributed by atoms with Crippen LogP contribution in [0.1, 0.15) is 39.5 Å². The normalized spacial score (nSPS) is 30.7. The molecule has 3 saturated heterocycles. The minimum absolute atomic E-state index is 0.124. The molecule has 6 nitrogen and oxygen atoms in total. The van der Waals surface area contributed by atoms with E-state index in [0.717, 1.165) is 65.2 Å². The molecule has 3 heterocycles. The fourth-order valence-corrected chi connectivity index (χ4v) is 4.39. The third kappa shape index (κ3) is 3.59. The summed E-state index contributed by atoms with van der Waals surface area (Å²) in [5.74, 6) is 0.786. The zero-order chi connectivity index (χ0) is 17.1. The Morgan fingerprint density at radius 2 is 1.96 bits per heavy atom. The lowest BCUT2D eigenvalue weighted by Crippen LogP contribution is -2.51. The van der Waals surface area contributed by atoms with Crippen LogP contribution >= 0.6 is 0 Å². The van der Waals surface area contributed by atoms with Crippen LogP contribution in [-0.4, -0.2) is 84.5 Å². The molecule has 3 atom stereocenters. The molecule has 0 aromatic carbocycles. The minimum Gasteiger partial charge on any atom is -0.379 e. The number of nitrogens with zero attached hydrogens (tertiary/aromatic N) is 3. The van der Waals surface area contributed by atoms with Crippen LogP contribution in [0.4, 0.5) is 0 Å². The predicted molar refractivity (Wildman–Crippen MR) is 91.6 cm³/mol. The monoisotopic (exact) mass is 337 g/mol. The first kappa shape index (κ1) is 17.7. The average Bonchev–Trinajstić information content (AvgIpc) is 3.06. The molecule has 3 fully saturated rings. The topological polar surface area (TPSA) is 53.1 Å². The zero-order valence-electron chi connectivity index (χ0n) is 15.1. The first-order chi connectivity index (χ1) is 11.6. The fraction of sp³-hybridized carbons (Fsp3) is 0.889. The maximum Gasteiger partial charge on any atom is 0.245 e. The molecule has 0 aromatic rings. The Bertz CT molecular complexity index is 464. The van der Waals surface area contributed by atoms with Crippen molar-refractivity contribution in [3.63, 3.8) is 0 Å². The van der Waals surface area contributed by atoms with Crippen LogP contribution in [-0.2, 0) is 14.3 Å². The van der Waals surface area contributed by atoms with E-state index in [0.29, 0.717) is 18.4 Å². The van der Waals surface area contributed by atoms with Crippen molar-refractivity contribution in [3.8, 4) is 0 Å². The number of hydrogen-bond acceptors (Lipinski definition) is 4. The molecule has 0 bridgehead atoms. The summed E-state index contributed by atoms with van der Waals surface area (Å²) in [5, 5.41) is 0. The van der Waals surface area contributed by atoms with Gasteiger partial charge in [0.1, 0.15) is 6.04 Å². The van der Waals surface area contributed by atoms with Crippen molar-refractivity contribution in [2.75, 3.05) is 45.9 Å². The van der Waals surface area contributed by atoms with Crippen molar-refractivity contribution in [1.82, 2.24) is 14.7 Å². The van der Waals surface area contributed by atoms with Gasteiger partial charge in [0.2, 0.25) is 11.8 Å². The van der Waals surface area contributed by atoms with E-state index >= 15 is 0 Å². The second kappa shape index (κ2) is 7.83. The molecule has 0 N–H and O–H groups in total. The van der Waals surface area contributed by atoms with Crippen molar-refractivity contribution >= 4 is 11.8 Å². The highest BCUT2D eigenvalue weighted by molar-refractivity contribution is 5.88. The Hall–Kier alpha value is -1.14. The van der Waals surface area contributed by atoms with Crippen molar-refractivity contribution < 1.29 is 14.3 Å². The molecule has 6 heteroatoms. The van der Waals surface area contributed by atoms with Crippen LogP contribution < -0.4 is 0 Å². The maximum absolute atomic E-state index is 13.0. The number of morpholine rings is 1. The number of carbonyl (C=O) groups excluding carboxylic acids is 2. The summed E-state index contributed by atoms with van der Waals surface area (Å²) >= 11 is 0. The van der Waals surface area contributed by atoms with Crippen LogP contribution in [0.3, 0.4) is 0 Å². The molecule has 136 valence electrons. The zero-order valence-corrected chi connectivity index (χ0v) is 15.1. The SMILES string of the molecule is CCC1CN(C(=O)C(C)N2CCCCC2=O)CC1N1CCOCC1. The Kier molecular flexibility index (Phi) is 5.76. The van der Waals surface area contributed by atoms with E-state index in [1.165, 1.54) is 0 Å². The van der Waals surface area contributed by atoms with Gasteiger partial charge < -0.3 is 14.5 Å². The number of piperidine rings is 1. The first-order valence-electron chi connectivity index (χ1n) is 9.52. The van der Waals surface area contributed by atoms with Gasteiger partial charge in [-0.1, -0.05) is 13.3 Å². The van der Waals surface area contributed by atoms with E-state index in [9.17, 15) is 9.59 Å². The van der Waals surface area contributed by atoms with E-state index in [4.69, 9.17) is 4.74 Å². The Labute approximate surface area is 145 Å². The number of rotatable bonds is 4. The molecular formula is C18H31N3O3. The molecule has 0 aliphatic carbocycles. The van der Waals surface area contributed by atoms with E-state index < -0.39 is 0 Å². The van der Waals surface area contributed by atoms with Gasteiger partial charge in [0.25, 0.3) is 0 Å². The van der Waals surface area contributed by atoms with Crippen LogP contribution in [0.25, 0.3) is 0 Å². The van der Waals surface area contributed by atoms with E-state index in [1.807, 2.05) is 11.8 Å². The van der Waals surface area contributed by atoms with Gasteiger partial charge in [-0.05, 0) is 25.7 Å². The smallest absolute Gasteiger partial charge is 0.245 e. The lowest BCUT2D eigenvalue weighted by molar-refractivity contribution is -0.146. The van der Waals surface area contributed by atoms with Gasteiger partial charge in [-0.2, -0.15) is 0 Å². The van der Waals surface area contributed by atoms with E-state index in [1.54, 1.807) is 4.90 Å². The highest BCUT2D eigenvalue weighted by atomic mass is 16.5. The van der Waals surface area contributed by atoms with Crippen LogP contribution in [0, 0.1) is 5.92 Å². The molecule has 0 radical (unpaired) electrons. The van der Waals surface area contributed by atoms with Gasteiger partial charge in [0, 0.05) is 45.2 Å². The predicted octanol–water partition coefficient (Wildman–Crippen LogP) is 0.957. The van der Waals surface area contributed by atoms with Crippen LogP contribution in [0.15, 0.2) is 0 Å². The number of hydrogen-bond donors (Lipinski definition) is 0. The lowest BCUT2D eigenvalue weighted by Gasteiger charge is -2.35. The summed E-state index contributed by atoms with van der Waals surface area (Å²) in [6.45, 7) is 9.96. The summed E-state index contributed by atoms with van der Waals surface area (Å²) in [6, 6.07) is 0.117. The highest BCUT2D eigenvalue weighted by Crippen LogP contribution is 2.27. The van der Waals surface area contributed by atoms with Gasteiger partial charge in [-0.15, -0.1) is 0 Å². The van der Waals surface area contributed by atoms with Gasteiger partial charge in [0.15, 0.2) is 0 Å². The number of ether oxygens (including phenoxy) is 1. The lowest BCUT2D eigenvalue weighted by atomic mass is 9.99. The quantitative estimate of drug-likeness (QED) is 0.767. The van der Waals surface area contributed by atoms with Crippen molar-refractivity contribution in [2.24, 2.45) is 5.92 Å². The molecule has 2 amide bonds. The van der Waals surface area contributed by atoms with Crippen molar-refractivity contribution in [3.05, 3.63) is 0 Å². The largest absolute Gasteiger partial charge is 0.379 e. The molecule has 3 rings (SSSR count). The summed E-state index contributed by atoms with van der Waals surface area (Å²) in [6.07, 6.45) is 3.64. The standard InChI is InChI=1S/C18H31N3O3/c1-3-15-12-20(13-16(15)19-8-10-24-11-9-19)18(23)14(2)21-7-5-4-6-17(21)22/h14-16H,3-13H2,1-2H3. The second-order valence-corrected chi connectivity index (χ2v) is 7.35. The molecule has 3 aliphatic rings.